The summed E-state index contributed by atoms with van der Waals surface area (Å²) < 4.78 is 39.2. The van der Waals surface area contributed by atoms with Crippen molar-refractivity contribution in [3.63, 3.8) is 0 Å². The van der Waals surface area contributed by atoms with Gasteiger partial charge in [0.1, 0.15) is 10.7 Å². The van der Waals surface area contributed by atoms with Gasteiger partial charge in [0.15, 0.2) is 0 Å². The number of hydrogen-bond acceptors (Lipinski definition) is 4. The molecule has 1 amide bonds. The van der Waals surface area contributed by atoms with E-state index in [-0.39, 0.29) is 18.1 Å². The van der Waals surface area contributed by atoms with Crippen LogP contribution in [0.25, 0.3) is 0 Å². The summed E-state index contributed by atoms with van der Waals surface area (Å²) in [5, 5.41) is 11.3. The van der Waals surface area contributed by atoms with Crippen molar-refractivity contribution < 1.29 is 22.7 Å². The monoisotopic (exact) mass is 290 g/mol. The lowest BCUT2D eigenvalue weighted by Gasteiger charge is -2.10. The van der Waals surface area contributed by atoms with Crippen LogP contribution in [0.4, 0.5) is 10.1 Å². The van der Waals surface area contributed by atoms with Crippen molar-refractivity contribution in [1.82, 2.24) is 4.72 Å². The molecule has 0 aliphatic heterocycles. The maximum Gasteiger partial charge on any atom is 0.243 e. The normalized spacial score (nSPS) is 13.1. The minimum absolute atomic E-state index is 0.166. The molecule has 0 saturated heterocycles. The van der Waals surface area contributed by atoms with E-state index in [0.717, 1.165) is 12.1 Å². The summed E-state index contributed by atoms with van der Waals surface area (Å²) in [6, 6.07) is 3.24. The topological polar surface area (TPSA) is 95.5 Å². The molecule has 19 heavy (non-hydrogen) atoms. The fourth-order valence-electron chi connectivity index (χ4n) is 1.31. The lowest BCUT2D eigenvalue weighted by Crippen LogP contribution is -2.31. The van der Waals surface area contributed by atoms with Crippen molar-refractivity contribution in [2.45, 2.75) is 24.8 Å². The van der Waals surface area contributed by atoms with Gasteiger partial charge in [0, 0.05) is 19.2 Å². The molecular formula is C11H15FN2O4S. The van der Waals surface area contributed by atoms with Crippen molar-refractivity contribution in [2.24, 2.45) is 0 Å². The number of nitrogens with one attached hydrogen (secondary N) is 2. The SMILES string of the molecule is CC(=O)Nc1ccc(S(=O)(=O)NCC(C)O)c(F)c1. The van der Waals surface area contributed by atoms with E-state index < -0.39 is 26.8 Å². The Kier molecular flexibility index (Phi) is 4.98. The number of aliphatic hydroxyl groups is 1. The Morgan fingerprint density at radius 1 is 1.47 bits per heavy atom. The van der Waals surface area contributed by atoms with E-state index in [9.17, 15) is 17.6 Å². The van der Waals surface area contributed by atoms with E-state index in [0.29, 0.717) is 0 Å². The van der Waals surface area contributed by atoms with Crippen LogP contribution < -0.4 is 10.0 Å². The minimum Gasteiger partial charge on any atom is -0.392 e. The molecule has 0 fully saturated rings. The molecule has 0 spiro atoms. The first-order valence-electron chi connectivity index (χ1n) is 5.47. The zero-order valence-electron chi connectivity index (χ0n) is 10.5. The molecule has 0 saturated carbocycles. The lowest BCUT2D eigenvalue weighted by atomic mass is 10.3. The number of benzene rings is 1. The summed E-state index contributed by atoms with van der Waals surface area (Å²) in [5.74, 6) is -1.37. The average Bonchev–Trinajstić information content (AvgIpc) is 2.25. The molecule has 0 radical (unpaired) electrons. The van der Waals surface area contributed by atoms with Crippen LogP contribution in [-0.4, -0.2) is 32.1 Å². The predicted molar refractivity (Wildman–Crippen MR) is 67.6 cm³/mol. The van der Waals surface area contributed by atoms with E-state index in [4.69, 9.17) is 5.11 Å². The van der Waals surface area contributed by atoms with Crippen LogP contribution in [0, 0.1) is 5.82 Å². The zero-order valence-corrected chi connectivity index (χ0v) is 11.3. The molecule has 1 rings (SSSR count). The third kappa shape index (κ3) is 4.58. The molecule has 8 heteroatoms. The Balaban J connectivity index is 2.98. The number of carbonyl (C=O) groups is 1. The molecule has 0 aromatic heterocycles. The van der Waals surface area contributed by atoms with E-state index >= 15 is 0 Å². The number of hydrogen-bond donors (Lipinski definition) is 3. The van der Waals surface area contributed by atoms with Crippen LogP contribution in [0.1, 0.15) is 13.8 Å². The van der Waals surface area contributed by atoms with Crippen molar-refractivity contribution in [2.75, 3.05) is 11.9 Å². The molecule has 106 valence electrons. The fraction of sp³-hybridized carbons (Fsp3) is 0.364. The Morgan fingerprint density at radius 2 is 2.11 bits per heavy atom. The van der Waals surface area contributed by atoms with Gasteiger partial charge in [-0.05, 0) is 25.1 Å². The highest BCUT2D eigenvalue weighted by atomic mass is 32.2. The van der Waals surface area contributed by atoms with Crippen LogP contribution >= 0.6 is 0 Å². The van der Waals surface area contributed by atoms with E-state index in [1.807, 2.05) is 0 Å². The molecule has 3 N–H and O–H groups in total. The second kappa shape index (κ2) is 6.09. The highest BCUT2D eigenvalue weighted by Gasteiger charge is 2.19. The third-order valence-corrected chi connectivity index (χ3v) is 3.57. The first-order valence-corrected chi connectivity index (χ1v) is 6.95. The molecule has 6 nitrogen and oxygen atoms in total. The Bertz CT molecular complexity index is 572. The van der Waals surface area contributed by atoms with Crippen molar-refractivity contribution in [3.8, 4) is 0 Å². The van der Waals surface area contributed by atoms with Gasteiger partial charge in [0.05, 0.1) is 6.10 Å². The summed E-state index contributed by atoms with van der Waals surface area (Å²) in [6.45, 7) is 2.45. The van der Waals surface area contributed by atoms with E-state index in [2.05, 4.69) is 10.0 Å². The minimum atomic E-state index is -4.03. The predicted octanol–water partition coefficient (Wildman–Crippen LogP) is 0.443. The van der Waals surface area contributed by atoms with Gasteiger partial charge in [0.2, 0.25) is 15.9 Å². The molecule has 0 aliphatic rings. The van der Waals surface area contributed by atoms with Crippen LogP contribution in [0.15, 0.2) is 23.1 Å². The number of amides is 1. The number of anilines is 1. The number of rotatable bonds is 5. The highest BCUT2D eigenvalue weighted by molar-refractivity contribution is 7.89. The summed E-state index contributed by atoms with van der Waals surface area (Å²) >= 11 is 0. The summed E-state index contributed by atoms with van der Waals surface area (Å²) in [7, 11) is -4.03. The molecule has 1 atom stereocenters. The number of carbonyl (C=O) groups excluding carboxylic acids is 1. The van der Waals surface area contributed by atoms with Gasteiger partial charge in [-0.2, -0.15) is 0 Å². The van der Waals surface area contributed by atoms with Gasteiger partial charge in [0.25, 0.3) is 0 Å². The van der Waals surface area contributed by atoms with E-state index in [1.165, 1.54) is 19.9 Å². The van der Waals surface area contributed by atoms with Gasteiger partial charge in [-0.3, -0.25) is 4.79 Å². The van der Waals surface area contributed by atoms with Gasteiger partial charge in [-0.1, -0.05) is 0 Å². The van der Waals surface area contributed by atoms with Gasteiger partial charge in [-0.15, -0.1) is 0 Å². The lowest BCUT2D eigenvalue weighted by molar-refractivity contribution is -0.114. The average molecular weight is 290 g/mol. The van der Waals surface area contributed by atoms with Crippen LogP contribution in [0.5, 0.6) is 0 Å². The molecule has 1 aromatic rings. The van der Waals surface area contributed by atoms with Gasteiger partial charge in [-0.25, -0.2) is 17.5 Å². The summed E-state index contributed by atoms with van der Waals surface area (Å²) in [5.41, 5.74) is 0.166. The van der Waals surface area contributed by atoms with Crippen molar-refractivity contribution >= 4 is 21.6 Å². The second-order valence-corrected chi connectivity index (χ2v) is 5.76. The fourth-order valence-corrected chi connectivity index (χ4v) is 2.49. The maximum absolute atomic E-state index is 13.7. The molecular weight excluding hydrogens is 275 g/mol. The second-order valence-electron chi connectivity index (χ2n) is 4.03. The quantitative estimate of drug-likeness (QED) is 0.733. The summed E-state index contributed by atoms with van der Waals surface area (Å²) in [6.07, 6.45) is -0.878. The largest absolute Gasteiger partial charge is 0.392 e. The van der Waals surface area contributed by atoms with Crippen molar-refractivity contribution in [3.05, 3.63) is 24.0 Å². The smallest absolute Gasteiger partial charge is 0.243 e. The molecule has 0 aliphatic carbocycles. The number of sulfonamides is 1. The van der Waals surface area contributed by atoms with Crippen LogP contribution in [0.3, 0.4) is 0 Å². The third-order valence-electron chi connectivity index (χ3n) is 2.11. The standard InChI is InChI=1S/C11H15FN2O4S/c1-7(15)6-13-19(17,18)11-4-3-9(5-10(11)12)14-8(2)16/h3-5,7,13,15H,6H2,1-2H3,(H,14,16). The summed E-state index contributed by atoms with van der Waals surface area (Å²) in [4.78, 5) is 10.3. The van der Waals surface area contributed by atoms with Crippen LogP contribution in [-0.2, 0) is 14.8 Å². The zero-order chi connectivity index (χ0) is 14.6. The molecule has 0 heterocycles. The Labute approximate surface area is 110 Å². The molecule has 1 aromatic carbocycles. The van der Waals surface area contributed by atoms with Gasteiger partial charge >= 0.3 is 0 Å². The Hall–Kier alpha value is -1.51. The van der Waals surface area contributed by atoms with Crippen LogP contribution in [0.2, 0.25) is 0 Å². The maximum atomic E-state index is 13.7. The first-order chi connectivity index (χ1) is 8.72. The van der Waals surface area contributed by atoms with Gasteiger partial charge < -0.3 is 10.4 Å². The molecule has 0 bridgehead atoms. The highest BCUT2D eigenvalue weighted by Crippen LogP contribution is 2.18. The molecule has 1 unspecified atom stereocenters. The Morgan fingerprint density at radius 3 is 2.58 bits per heavy atom. The first kappa shape index (κ1) is 15.5. The number of aliphatic hydroxyl groups excluding tert-OH is 1. The van der Waals surface area contributed by atoms with E-state index in [1.54, 1.807) is 0 Å². The van der Waals surface area contributed by atoms with Crippen molar-refractivity contribution in [1.29, 1.82) is 0 Å². The number of halogens is 1.